The first-order valence-electron chi connectivity index (χ1n) is 8.42. The lowest BCUT2D eigenvalue weighted by Crippen LogP contribution is -2.32. The molecule has 0 fully saturated rings. The van der Waals surface area contributed by atoms with E-state index in [9.17, 15) is 9.59 Å². The Morgan fingerprint density at radius 2 is 1.88 bits per heavy atom. The number of rotatable bonds is 6. The molecule has 2 aromatic heterocycles. The Bertz CT molecular complexity index is 917. The third-order valence-corrected chi connectivity index (χ3v) is 4.07. The monoisotopic (exact) mass is 351 g/mol. The molecule has 0 saturated heterocycles. The van der Waals surface area contributed by atoms with Crippen LogP contribution in [-0.4, -0.2) is 26.4 Å². The van der Waals surface area contributed by atoms with Crippen molar-refractivity contribution in [2.24, 2.45) is 0 Å². The third kappa shape index (κ3) is 4.24. The molecule has 0 saturated carbocycles. The van der Waals surface area contributed by atoms with Crippen LogP contribution in [0.1, 0.15) is 36.3 Å². The van der Waals surface area contributed by atoms with Gasteiger partial charge in [-0.15, -0.1) is 10.2 Å². The number of amides is 2. The summed E-state index contributed by atoms with van der Waals surface area (Å²) < 4.78 is 1.82. The van der Waals surface area contributed by atoms with E-state index in [-0.39, 0.29) is 30.8 Å². The maximum Gasteiger partial charge on any atom is 0.222 e. The van der Waals surface area contributed by atoms with Gasteiger partial charge in [-0.1, -0.05) is 35.9 Å². The van der Waals surface area contributed by atoms with E-state index >= 15 is 0 Å². The van der Waals surface area contributed by atoms with Crippen molar-refractivity contribution in [1.82, 2.24) is 25.2 Å². The number of nitrogens with one attached hydrogen (secondary N) is 2. The summed E-state index contributed by atoms with van der Waals surface area (Å²) in [6.45, 7) is 3.71. The Balaban J connectivity index is 1.65. The minimum Gasteiger partial charge on any atom is -0.349 e. The first-order valence-corrected chi connectivity index (χ1v) is 8.42. The topological polar surface area (TPSA) is 88.4 Å². The summed E-state index contributed by atoms with van der Waals surface area (Å²) in [7, 11) is 0. The van der Waals surface area contributed by atoms with E-state index < -0.39 is 0 Å². The molecule has 3 aromatic rings. The van der Waals surface area contributed by atoms with Gasteiger partial charge < -0.3 is 10.6 Å². The lowest BCUT2D eigenvalue weighted by atomic mass is 10.0. The normalized spacial score (nSPS) is 11.9. The van der Waals surface area contributed by atoms with Gasteiger partial charge in [-0.05, 0) is 24.6 Å². The molecule has 0 radical (unpaired) electrons. The highest BCUT2D eigenvalue weighted by molar-refractivity contribution is 5.79. The van der Waals surface area contributed by atoms with Crippen LogP contribution in [0.3, 0.4) is 0 Å². The lowest BCUT2D eigenvalue weighted by Gasteiger charge is -2.18. The number of hydrogen-bond donors (Lipinski definition) is 2. The van der Waals surface area contributed by atoms with Crippen molar-refractivity contribution in [3.63, 3.8) is 0 Å². The second kappa shape index (κ2) is 7.77. The van der Waals surface area contributed by atoms with Gasteiger partial charge in [0.25, 0.3) is 0 Å². The zero-order valence-electron chi connectivity index (χ0n) is 14.8. The molecule has 7 heteroatoms. The third-order valence-electron chi connectivity index (χ3n) is 4.07. The van der Waals surface area contributed by atoms with Gasteiger partial charge in [-0.2, -0.15) is 0 Å². The van der Waals surface area contributed by atoms with Gasteiger partial charge in [-0.25, -0.2) is 0 Å². The minimum absolute atomic E-state index is 0.152. The number of hydrogen-bond acceptors (Lipinski definition) is 4. The SMILES string of the molecule is CC(=O)NC(CC(=O)NCc1nnc2ccccn12)c1ccc(C)cc1. The number of carbonyl (C=O) groups is 2. The average Bonchev–Trinajstić information content (AvgIpc) is 3.03. The molecule has 3 rings (SSSR count). The van der Waals surface area contributed by atoms with E-state index in [0.717, 1.165) is 16.8 Å². The number of nitrogens with zero attached hydrogens (tertiary/aromatic N) is 3. The Labute approximate surface area is 151 Å². The minimum atomic E-state index is -0.372. The summed E-state index contributed by atoms with van der Waals surface area (Å²) in [5.74, 6) is 0.309. The second-order valence-corrected chi connectivity index (χ2v) is 6.19. The van der Waals surface area contributed by atoms with Gasteiger partial charge in [0.2, 0.25) is 11.8 Å². The van der Waals surface area contributed by atoms with Crippen LogP contribution >= 0.6 is 0 Å². The molecule has 0 aliphatic heterocycles. The van der Waals surface area contributed by atoms with E-state index in [0.29, 0.717) is 5.82 Å². The predicted molar refractivity (Wildman–Crippen MR) is 97.2 cm³/mol. The van der Waals surface area contributed by atoms with Crippen LogP contribution in [0.4, 0.5) is 0 Å². The number of aromatic nitrogens is 3. The molecule has 2 heterocycles. The molecule has 0 spiro atoms. The van der Waals surface area contributed by atoms with Crippen LogP contribution < -0.4 is 10.6 Å². The standard InChI is InChI=1S/C19H21N5O2/c1-13-6-8-15(9-7-13)16(21-14(2)25)11-19(26)20-12-18-23-22-17-5-3-4-10-24(17)18/h3-10,16H,11-12H2,1-2H3,(H,20,26)(H,21,25). The zero-order chi connectivity index (χ0) is 18.5. The van der Waals surface area contributed by atoms with Crippen molar-refractivity contribution in [3.8, 4) is 0 Å². The molecule has 134 valence electrons. The summed E-state index contributed by atoms with van der Waals surface area (Å²) in [6, 6.07) is 13.0. The van der Waals surface area contributed by atoms with Crippen molar-refractivity contribution in [2.45, 2.75) is 32.9 Å². The first-order chi connectivity index (χ1) is 12.5. The largest absolute Gasteiger partial charge is 0.349 e. The van der Waals surface area contributed by atoms with Crippen LogP contribution in [-0.2, 0) is 16.1 Å². The molecule has 1 unspecified atom stereocenters. The first kappa shape index (κ1) is 17.6. The summed E-state index contributed by atoms with van der Waals surface area (Å²) in [6.07, 6.45) is 2.00. The smallest absolute Gasteiger partial charge is 0.222 e. The molecular formula is C19H21N5O2. The van der Waals surface area contributed by atoms with Gasteiger partial charge in [0, 0.05) is 13.1 Å². The van der Waals surface area contributed by atoms with E-state index in [4.69, 9.17) is 0 Å². The summed E-state index contributed by atoms with van der Waals surface area (Å²) >= 11 is 0. The molecule has 2 amide bonds. The maximum atomic E-state index is 12.4. The highest BCUT2D eigenvalue weighted by Gasteiger charge is 2.17. The quantitative estimate of drug-likeness (QED) is 0.710. The number of carbonyl (C=O) groups excluding carboxylic acids is 2. The maximum absolute atomic E-state index is 12.4. The molecule has 7 nitrogen and oxygen atoms in total. The average molecular weight is 351 g/mol. The summed E-state index contributed by atoms with van der Waals surface area (Å²) in [5, 5.41) is 13.8. The summed E-state index contributed by atoms with van der Waals surface area (Å²) in [5.41, 5.74) is 2.75. The number of pyridine rings is 1. The van der Waals surface area contributed by atoms with Gasteiger partial charge >= 0.3 is 0 Å². The van der Waals surface area contributed by atoms with E-state index in [1.807, 2.05) is 60.0 Å². The van der Waals surface area contributed by atoms with Gasteiger partial charge in [0.15, 0.2) is 11.5 Å². The van der Waals surface area contributed by atoms with Crippen molar-refractivity contribution >= 4 is 17.5 Å². The molecular weight excluding hydrogens is 330 g/mol. The molecule has 1 atom stereocenters. The number of fused-ring (bicyclic) bond motifs is 1. The van der Waals surface area contributed by atoms with Crippen LogP contribution in [0.2, 0.25) is 0 Å². The molecule has 2 N–H and O–H groups in total. The highest BCUT2D eigenvalue weighted by Crippen LogP contribution is 2.17. The van der Waals surface area contributed by atoms with Crippen molar-refractivity contribution in [3.05, 3.63) is 65.6 Å². The van der Waals surface area contributed by atoms with Gasteiger partial charge in [0.05, 0.1) is 19.0 Å². The molecule has 1 aromatic carbocycles. The number of benzene rings is 1. The number of aryl methyl sites for hydroxylation is 1. The Morgan fingerprint density at radius 3 is 2.62 bits per heavy atom. The Morgan fingerprint density at radius 1 is 1.12 bits per heavy atom. The van der Waals surface area contributed by atoms with E-state index in [1.54, 1.807) is 0 Å². The zero-order valence-corrected chi connectivity index (χ0v) is 14.8. The van der Waals surface area contributed by atoms with E-state index in [1.165, 1.54) is 6.92 Å². The Kier molecular flexibility index (Phi) is 5.26. The summed E-state index contributed by atoms with van der Waals surface area (Å²) in [4.78, 5) is 23.9. The van der Waals surface area contributed by atoms with Crippen molar-refractivity contribution in [2.75, 3.05) is 0 Å². The second-order valence-electron chi connectivity index (χ2n) is 6.19. The highest BCUT2D eigenvalue weighted by atomic mass is 16.2. The fourth-order valence-corrected chi connectivity index (χ4v) is 2.74. The lowest BCUT2D eigenvalue weighted by molar-refractivity contribution is -0.123. The van der Waals surface area contributed by atoms with Crippen LogP contribution in [0, 0.1) is 6.92 Å². The van der Waals surface area contributed by atoms with Crippen LogP contribution in [0.15, 0.2) is 48.7 Å². The fourth-order valence-electron chi connectivity index (χ4n) is 2.74. The molecule has 0 aliphatic carbocycles. The fraction of sp³-hybridized carbons (Fsp3) is 0.263. The predicted octanol–water partition coefficient (Wildman–Crippen LogP) is 1.92. The van der Waals surface area contributed by atoms with Gasteiger partial charge in [0.1, 0.15) is 0 Å². The molecule has 26 heavy (non-hydrogen) atoms. The molecule has 0 bridgehead atoms. The van der Waals surface area contributed by atoms with E-state index in [2.05, 4.69) is 20.8 Å². The van der Waals surface area contributed by atoms with Crippen LogP contribution in [0.25, 0.3) is 5.65 Å². The molecule has 0 aliphatic rings. The Hall–Kier alpha value is -3.22. The van der Waals surface area contributed by atoms with Crippen molar-refractivity contribution < 1.29 is 9.59 Å². The van der Waals surface area contributed by atoms with Gasteiger partial charge in [-0.3, -0.25) is 14.0 Å². The van der Waals surface area contributed by atoms with Crippen molar-refractivity contribution in [1.29, 1.82) is 0 Å². The van der Waals surface area contributed by atoms with Crippen LogP contribution in [0.5, 0.6) is 0 Å².